The monoisotopic (exact) mass is 424 g/mol. The third-order valence-electron chi connectivity index (χ3n) is 3.74. The van der Waals surface area contributed by atoms with Crippen LogP contribution in [-0.2, 0) is 14.8 Å². The Labute approximate surface area is 171 Å². The first-order valence-electron chi connectivity index (χ1n) is 9.03. The average molecular weight is 425 g/mol. The summed E-state index contributed by atoms with van der Waals surface area (Å²) >= 11 is 5.81. The van der Waals surface area contributed by atoms with Gasteiger partial charge in [0.25, 0.3) is 15.9 Å². The van der Waals surface area contributed by atoms with Gasteiger partial charge in [0.15, 0.2) is 0 Å². The molecular weight excluding hydrogens is 400 g/mol. The second-order valence-electron chi connectivity index (χ2n) is 6.68. The predicted molar refractivity (Wildman–Crippen MR) is 111 cm³/mol. The highest BCUT2D eigenvalue weighted by Crippen LogP contribution is 2.21. The number of amides is 1. The summed E-state index contributed by atoms with van der Waals surface area (Å²) < 4.78 is 33.1. The summed E-state index contributed by atoms with van der Waals surface area (Å²) in [5.41, 5.74) is 0.467. The molecule has 2 aromatic carbocycles. The Balaban J connectivity index is 2.00. The molecule has 0 aliphatic carbocycles. The van der Waals surface area contributed by atoms with Gasteiger partial charge >= 0.3 is 0 Å². The van der Waals surface area contributed by atoms with E-state index in [2.05, 4.69) is 23.9 Å². The quantitative estimate of drug-likeness (QED) is 0.566. The molecule has 2 rings (SSSR count). The van der Waals surface area contributed by atoms with Crippen molar-refractivity contribution >= 4 is 33.2 Å². The Kier molecular flexibility index (Phi) is 8.29. The SMILES string of the molecule is CC(C)COCCCNC(=O)c1ccccc1NS(=O)(=O)c1ccc(Cl)cc1. The van der Waals surface area contributed by atoms with Crippen LogP contribution in [-0.4, -0.2) is 34.1 Å². The minimum atomic E-state index is -3.84. The van der Waals surface area contributed by atoms with Crippen LogP contribution in [0.25, 0.3) is 0 Å². The van der Waals surface area contributed by atoms with Gasteiger partial charge in [0, 0.05) is 24.8 Å². The van der Waals surface area contributed by atoms with E-state index in [1.165, 1.54) is 24.3 Å². The topological polar surface area (TPSA) is 84.5 Å². The molecule has 0 radical (unpaired) electrons. The van der Waals surface area contributed by atoms with E-state index in [1.54, 1.807) is 24.3 Å². The average Bonchev–Trinajstić information content (AvgIpc) is 2.64. The summed E-state index contributed by atoms with van der Waals surface area (Å²) in [5, 5.41) is 3.23. The minimum absolute atomic E-state index is 0.0643. The van der Waals surface area contributed by atoms with E-state index >= 15 is 0 Å². The molecule has 28 heavy (non-hydrogen) atoms. The molecule has 8 heteroatoms. The number of hydrogen-bond acceptors (Lipinski definition) is 4. The van der Waals surface area contributed by atoms with Gasteiger partial charge in [-0.1, -0.05) is 37.6 Å². The Morgan fingerprint density at radius 3 is 2.46 bits per heavy atom. The van der Waals surface area contributed by atoms with Crippen molar-refractivity contribution < 1.29 is 17.9 Å². The summed E-state index contributed by atoms with van der Waals surface area (Å²) in [6, 6.07) is 12.3. The summed E-state index contributed by atoms with van der Waals surface area (Å²) in [4.78, 5) is 12.5. The highest BCUT2D eigenvalue weighted by molar-refractivity contribution is 7.92. The van der Waals surface area contributed by atoms with Crippen molar-refractivity contribution in [2.75, 3.05) is 24.5 Å². The fourth-order valence-corrected chi connectivity index (χ4v) is 3.58. The predicted octanol–water partition coefficient (Wildman–Crippen LogP) is 3.93. The number of hydrogen-bond donors (Lipinski definition) is 2. The van der Waals surface area contributed by atoms with Crippen molar-refractivity contribution in [3.8, 4) is 0 Å². The van der Waals surface area contributed by atoms with Crippen molar-refractivity contribution in [1.29, 1.82) is 0 Å². The maximum absolute atomic E-state index is 12.6. The van der Waals surface area contributed by atoms with E-state index in [0.29, 0.717) is 37.1 Å². The van der Waals surface area contributed by atoms with Gasteiger partial charge in [-0.15, -0.1) is 0 Å². The maximum Gasteiger partial charge on any atom is 0.261 e. The van der Waals surface area contributed by atoms with Crippen LogP contribution in [0.5, 0.6) is 0 Å². The van der Waals surface area contributed by atoms with E-state index in [0.717, 1.165) is 0 Å². The summed E-state index contributed by atoms with van der Waals surface area (Å²) in [6.07, 6.45) is 0.678. The van der Waals surface area contributed by atoms with Gasteiger partial charge in [-0.25, -0.2) is 8.42 Å². The number of carbonyl (C=O) groups excluding carboxylic acids is 1. The Hall–Kier alpha value is -2.09. The van der Waals surface area contributed by atoms with Crippen molar-refractivity contribution in [3.05, 3.63) is 59.1 Å². The third kappa shape index (κ3) is 6.82. The maximum atomic E-state index is 12.6. The Bertz CT molecular complexity index is 883. The lowest BCUT2D eigenvalue weighted by Gasteiger charge is -2.13. The Morgan fingerprint density at radius 1 is 1.11 bits per heavy atom. The van der Waals surface area contributed by atoms with Crippen LogP contribution in [0.1, 0.15) is 30.6 Å². The van der Waals surface area contributed by atoms with Crippen LogP contribution in [0.2, 0.25) is 5.02 Å². The molecule has 6 nitrogen and oxygen atoms in total. The number of halogens is 1. The van der Waals surface area contributed by atoms with Crippen molar-refractivity contribution in [1.82, 2.24) is 5.32 Å². The highest BCUT2D eigenvalue weighted by atomic mass is 35.5. The van der Waals surface area contributed by atoms with Crippen molar-refractivity contribution in [2.24, 2.45) is 5.92 Å². The molecule has 0 unspecified atom stereocenters. The van der Waals surface area contributed by atoms with Gasteiger partial charge in [0.2, 0.25) is 0 Å². The number of para-hydroxylation sites is 1. The molecular formula is C20H25ClN2O4S. The molecule has 0 aliphatic heterocycles. The van der Waals surface area contributed by atoms with E-state index < -0.39 is 10.0 Å². The highest BCUT2D eigenvalue weighted by Gasteiger charge is 2.18. The van der Waals surface area contributed by atoms with Gasteiger partial charge in [0.05, 0.1) is 16.1 Å². The number of anilines is 1. The summed E-state index contributed by atoms with van der Waals surface area (Å²) in [7, 11) is -3.84. The van der Waals surface area contributed by atoms with Crippen molar-refractivity contribution in [2.45, 2.75) is 25.2 Å². The number of sulfonamides is 1. The molecule has 2 aromatic rings. The number of ether oxygens (including phenoxy) is 1. The lowest BCUT2D eigenvalue weighted by molar-refractivity contribution is 0.0925. The number of rotatable bonds is 10. The van der Waals surface area contributed by atoms with E-state index in [-0.39, 0.29) is 22.1 Å². The molecule has 2 N–H and O–H groups in total. The van der Waals surface area contributed by atoms with E-state index in [4.69, 9.17) is 16.3 Å². The van der Waals surface area contributed by atoms with E-state index in [9.17, 15) is 13.2 Å². The first-order chi connectivity index (χ1) is 13.3. The zero-order chi connectivity index (χ0) is 20.6. The molecule has 0 fully saturated rings. The van der Waals surface area contributed by atoms with Crippen LogP contribution in [0.15, 0.2) is 53.4 Å². The fourth-order valence-electron chi connectivity index (χ4n) is 2.38. The van der Waals surface area contributed by atoms with Crippen LogP contribution in [0.3, 0.4) is 0 Å². The molecule has 0 saturated carbocycles. The zero-order valence-electron chi connectivity index (χ0n) is 15.9. The van der Waals surface area contributed by atoms with Crippen LogP contribution in [0, 0.1) is 5.92 Å². The summed E-state index contributed by atoms with van der Waals surface area (Å²) in [5.74, 6) is 0.119. The molecule has 0 bridgehead atoms. The zero-order valence-corrected chi connectivity index (χ0v) is 17.5. The van der Waals surface area contributed by atoms with Crippen LogP contribution >= 0.6 is 11.6 Å². The largest absolute Gasteiger partial charge is 0.381 e. The first-order valence-corrected chi connectivity index (χ1v) is 10.9. The van der Waals surface area contributed by atoms with Gasteiger partial charge in [-0.3, -0.25) is 9.52 Å². The van der Waals surface area contributed by atoms with E-state index in [1.807, 2.05) is 0 Å². The number of benzene rings is 2. The standard InChI is InChI=1S/C20H25ClN2O4S/c1-15(2)14-27-13-5-12-22-20(24)18-6-3-4-7-19(18)23-28(25,26)17-10-8-16(21)9-11-17/h3-4,6-11,15,23H,5,12-14H2,1-2H3,(H,22,24). The molecule has 0 saturated heterocycles. The smallest absolute Gasteiger partial charge is 0.261 e. The first kappa shape index (κ1) is 22.2. The second kappa shape index (κ2) is 10.5. The normalized spacial score (nSPS) is 11.4. The second-order valence-corrected chi connectivity index (χ2v) is 8.80. The molecule has 0 heterocycles. The molecule has 0 aliphatic rings. The Morgan fingerprint density at radius 2 is 1.79 bits per heavy atom. The van der Waals surface area contributed by atoms with Gasteiger partial charge < -0.3 is 10.1 Å². The summed E-state index contributed by atoms with van der Waals surface area (Å²) in [6.45, 7) is 5.83. The minimum Gasteiger partial charge on any atom is -0.381 e. The van der Waals surface area contributed by atoms with Crippen LogP contribution < -0.4 is 10.0 Å². The number of nitrogens with one attached hydrogen (secondary N) is 2. The third-order valence-corrected chi connectivity index (χ3v) is 5.38. The molecule has 152 valence electrons. The fraction of sp³-hybridized carbons (Fsp3) is 0.350. The van der Waals surface area contributed by atoms with Gasteiger partial charge in [0.1, 0.15) is 0 Å². The molecule has 0 spiro atoms. The van der Waals surface area contributed by atoms with Gasteiger partial charge in [-0.05, 0) is 48.7 Å². The molecule has 0 atom stereocenters. The van der Waals surface area contributed by atoms with Gasteiger partial charge in [-0.2, -0.15) is 0 Å². The molecule has 0 aromatic heterocycles. The molecule has 1 amide bonds. The van der Waals surface area contributed by atoms with Crippen LogP contribution in [0.4, 0.5) is 5.69 Å². The lowest BCUT2D eigenvalue weighted by atomic mass is 10.1. The lowest BCUT2D eigenvalue weighted by Crippen LogP contribution is -2.27. The number of carbonyl (C=O) groups is 1. The van der Waals surface area contributed by atoms with Crippen molar-refractivity contribution in [3.63, 3.8) is 0 Å².